The van der Waals surface area contributed by atoms with Crippen LogP contribution in [0.4, 0.5) is 5.95 Å². The highest BCUT2D eigenvalue weighted by Crippen LogP contribution is 2.00. The number of amides is 1. The van der Waals surface area contributed by atoms with Crippen molar-refractivity contribution < 1.29 is 23.1 Å². The van der Waals surface area contributed by atoms with Crippen molar-refractivity contribution in [2.45, 2.75) is 12.5 Å². The Balaban J connectivity index is 2.68. The molecule has 11 heteroatoms. The zero-order valence-corrected chi connectivity index (χ0v) is 10.8. The molecule has 0 saturated heterocycles. The number of aromatic nitrogens is 3. The third-order valence-corrected chi connectivity index (χ3v) is 3.08. The maximum absolute atomic E-state index is 11.6. The first kappa shape index (κ1) is 14.9. The lowest BCUT2D eigenvalue weighted by molar-refractivity contribution is -0.139. The fourth-order valence-electron chi connectivity index (χ4n) is 1.19. The molecule has 0 aromatic carbocycles. The van der Waals surface area contributed by atoms with Gasteiger partial charge in [0.05, 0.1) is 5.75 Å². The molecule has 1 amide bonds. The molecule has 0 aliphatic rings. The summed E-state index contributed by atoms with van der Waals surface area (Å²) in [5, 5.41) is 16.6. The highest BCUT2D eigenvalue weighted by atomic mass is 32.2. The van der Waals surface area contributed by atoms with Gasteiger partial charge in [-0.15, -0.1) is 5.10 Å². The standard InChI is InChI=1S/C8H13N5O5S/c1-19(17,18)3-2-4(7(15)16)10-6(14)5-11-8(9)13-12-5/h4H,2-3H2,1H3,(H,10,14)(H,15,16)(H3,9,11,12,13). The number of anilines is 1. The normalized spacial score (nSPS) is 12.9. The van der Waals surface area contributed by atoms with Gasteiger partial charge < -0.3 is 16.2 Å². The summed E-state index contributed by atoms with van der Waals surface area (Å²) >= 11 is 0. The fraction of sp³-hybridized carbons (Fsp3) is 0.500. The van der Waals surface area contributed by atoms with Crippen LogP contribution in [0.2, 0.25) is 0 Å². The maximum Gasteiger partial charge on any atom is 0.326 e. The van der Waals surface area contributed by atoms with E-state index >= 15 is 0 Å². The van der Waals surface area contributed by atoms with Crippen molar-refractivity contribution in [1.29, 1.82) is 0 Å². The molecule has 1 aromatic heterocycles. The molecule has 1 atom stereocenters. The van der Waals surface area contributed by atoms with Crippen molar-refractivity contribution in [2.75, 3.05) is 17.7 Å². The number of carbonyl (C=O) groups excluding carboxylic acids is 1. The average Bonchev–Trinajstić information content (AvgIpc) is 2.69. The van der Waals surface area contributed by atoms with Crippen LogP contribution in [-0.4, -0.2) is 58.6 Å². The number of carboxylic acid groups (broad SMARTS) is 1. The van der Waals surface area contributed by atoms with Gasteiger partial charge in [0, 0.05) is 6.26 Å². The highest BCUT2D eigenvalue weighted by molar-refractivity contribution is 7.90. The van der Waals surface area contributed by atoms with E-state index in [0.717, 1.165) is 6.26 Å². The molecule has 106 valence electrons. The summed E-state index contributed by atoms with van der Waals surface area (Å²) in [7, 11) is -3.32. The van der Waals surface area contributed by atoms with Crippen LogP contribution in [-0.2, 0) is 14.6 Å². The van der Waals surface area contributed by atoms with Crippen LogP contribution in [0.15, 0.2) is 0 Å². The van der Waals surface area contributed by atoms with Crippen molar-refractivity contribution in [1.82, 2.24) is 20.5 Å². The van der Waals surface area contributed by atoms with Gasteiger partial charge in [0.2, 0.25) is 11.8 Å². The van der Waals surface area contributed by atoms with E-state index in [9.17, 15) is 18.0 Å². The summed E-state index contributed by atoms with van der Waals surface area (Å²) in [6.45, 7) is 0. The number of nitrogens with two attached hydrogens (primary N) is 1. The van der Waals surface area contributed by atoms with Gasteiger partial charge in [0.1, 0.15) is 15.9 Å². The highest BCUT2D eigenvalue weighted by Gasteiger charge is 2.23. The van der Waals surface area contributed by atoms with Gasteiger partial charge in [-0.3, -0.25) is 9.89 Å². The molecule has 0 radical (unpaired) electrons. The van der Waals surface area contributed by atoms with Crippen molar-refractivity contribution in [2.24, 2.45) is 0 Å². The van der Waals surface area contributed by atoms with E-state index in [0.29, 0.717) is 0 Å². The van der Waals surface area contributed by atoms with Crippen LogP contribution in [0.3, 0.4) is 0 Å². The van der Waals surface area contributed by atoms with Crippen LogP contribution < -0.4 is 11.1 Å². The predicted molar refractivity (Wildman–Crippen MR) is 64.0 cm³/mol. The second-order valence-electron chi connectivity index (χ2n) is 3.83. The molecule has 19 heavy (non-hydrogen) atoms. The number of sulfone groups is 1. The number of hydrogen-bond donors (Lipinski definition) is 4. The van der Waals surface area contributed by atoms with Gasteiger partial charge in [-0.2, -0.15) is 4.98 Å². The van der Waals surface area contributed by atoms with E-state index in [2.05, 4.69) is 20.5 Å². The van der Waals surface area contributed by atoms with E-state index in [4.69, 9.17) is 10.8 Å². The van der Waals surface area contributed by atoms with E-state index in [1.165, 1.54) is 0 Å². The Morgan fingerprint density at radius 1 is 1.53 bits per heavy atom. The minimum absolute atomic E-state index is 0.159. The average molecular weight is 291 g/mol. The quantitative estimate of drug-likeness (QED) is 0.466. The molecule has 1 aromatic rings. The number of hydrogen-bond acceptors (Lipinski definition) is 7. The summed E-state index contributed by atoms with van der Waals surface area (Å²) in [5.74, 6) is -2.94. The van der Waals surface area contributed by atoms with Crippen molar-refractivity contribution >= 4 is 27.7 Å². The van der Waals surface area contributed by atoms with Crippen LogP contribution >= 0.6 is 0 Å². The molecule has 0 bridgehead atoms. The molecule has 1 rings (SSSR count). The van der Waals surface area contributed by atoms with Crippen LogP contribution in [0, 0.1) is 0 Å². The Morgan fingerprint density at radius 2 is 2.16 bits per heavy atom. The molecule has 10 nitrogen and oxygen atoms in total. The van der Waals surface area contributed by atoms with E-state index in [-0.39, 0.29) is 23.9 Å². The van der Waals surface area contributed by atoms with E-state index < -0.39 is 27.8 Å². The molecule has 0 spiro atoms. The number of nitrogen functional groups attached to an aromatic ring is 1. The van der Waals surface area contributed by atoms with Gasteiger partial charge >= 0.3 is 5.97 Å². The number of nitrogens with zero attached hydrogens (tertiary/aromatic N) is 2. The van der Waals surface area contributed by atoms with Gasteiger partial charge in [-0.25, -0.2) is 13.2 Å². The number of nitrogens with one attached hydrogen (secondary N) is 2. The minimum Gasteiger partial charge on any atom is -0.480 e. The van der Waals surface area contributed by atoms with Crippen molar-refractivity contribution in [3.8, 4) is 0 Å². The number of carbonyl (C=O) groups is 2. The van der Waals surface area contributed by atoms with Crippen molar-refractivity contribution in [3.05, 3.63) is 5.82 Å². The largest absolute Gasteiger partial charge is 0.480 e. The number of rotatable bonds is 6. The first-order valence-electron chi connectivity index (χ1n) is 5.08. The molecule has 1 unspecified atom stereocenters. The fourth-order valence-corrected chi connectivity index (χ4v) is 1.86. The lowest BCUT2D eigenvalue weighted by Crippen LogP contribution is -2.42. The molecule has 0 fully saturated rings. The Morgan fingerprint density at radius 3 is 2.58 bits per heavy atom. The molecule has 0 aliphatic heterocycles. The number of carboxylic acids is 1. The van der Waals surface area contributed by atoms with Gasteiger partial charge in [-0.05, 0) is 6.42 Å². The minimum atomic E-state index is -3.32. The Kier molecular flexibility index (Phi) is 4.43. The van der Waals surface area contributed by atoms with Gasteiger partial charge in [0.15, 0.2) is 0 Å². The first-order chi connectivity index (χ1) is 8.69. The number of aromatic amines is 1. The molecule has 5 N–H and O–H groups in total. The maximum atomic E-state index is 11.6. The first-order valence-corrected chi connectivity index (χ1v) is 7.14. The zero-order chi connectivity index (χ0) is 14.6. The molecular weight excluding hydrogens is 278 g/mol. The second-order valence-corrected chi connectivity index (χ2v) is 6.08. The third-order valence-electron chi connectivity index (χ3n) is 2.10. The summed E-state index contributed by atoms with van der Waals surface area (Å²) in [5.41, 5.74) is 5.19. The summed E-state index contributed by atoms with van der Waals surface area (Å²) in [4.78, 5) is 26.0. The predicted octanol–water partition coefficient (Wildman–Crippen LogP) is -2.00. The number of H-pyrrole nitrogens is 1. The Bertz CT molecular complexity index is 580. The monoisotopic (exact) mass is 291 g/mol. The lowest BCUT2D eigenvalue weighted by Gasteiger charge is -2.12. The lowest BCUT2D eigenvalue weighted by atomic mass is 10.2. The van der Waals surface area contributed by atoms with Crippen LogP contribution in [0.25, 0.3) is 0 Å². The van der Waals surface area contributed by atoms with Crippen molar-refractivity contribution in [3.63, 3.8) is 0 Å². The Labute approximate surface area is 108 Å². The number of aliphatic carboxylic acids is 1. The smallest absolute Gasteiger partial charge is 0.326 e. The molecular formula is C8H13N5O5S. The topological polar surface area (TPSA) is 168 Å². The molecule has 1 heterocycles. The summed E-state index contributed by atoms with van der Waals surface area (Å²) < 4.78 is 21.9. The van der Waals surface area contributed by atoms with Crippen LogP contribution in [0.5, 0.6) is 0 Å². The molecule has 0 saturated carbocycles. The summed E-state index contributed by atoms with van der Waals surface area (Å²) in [6, 6.07) is -1.34. The van der Waals surface area contributed by atoms with E-state index in [1.54, 1.807) is 0 Å². The molecule has 0 aliphatic carbocycles. The second kappa shape index (κ2) is 5.65. The van der Waals surface area contributed by atoms with Crippen LogP contribution in [0.1, 0.15) is 17.0 Å². The van der Waals surface area contributed by atoms with E-state index in [1.807, 2.05) is 0 Å². The Hall–Kier alpha value is -2.17. The zero-order valence-electron chi connectivity index (χ0n) is 9.95. The SMILES string of the molecule is CS(=O)(=O)CCC(NC(=O)c1nc(N)n[nH]1)C(=O)O. The van der Waals surface area contributed by atoms with Gasteiger partial charge in [0.25, 0.3) is 5.91 Å². The third kappa shape index (κ3) is 4.91. The summed E-state index contributed by atoms with van der Waals surface area (Å²) in [6.07, 6.45) is 0.731. The van der Waals surface area contributed by atoms with Gasteiger partial charge in [-0.1, -0.05) is 0 Å².